The number of aliphatic imine (C=N–C) groups is 1. The van der Waals surface area contributed by atoms with Gasteiger partial charge in [0, 0.05) is 32.3 Å². The molecule has 0 radical (unpaired) electrons. The first-order valence-corrected chi connectivity index (χ1v) is 7.25. The Morgan fingerprint density at radius 3 is 2.43 bits per heavy atom. The number of guanidine groups is 1. The van der Waals surface area contributed by atoms with Gasteiger partial charge in [0.25, 0.3) is 5.91 Å². The summed E-state index contributed by atoms with van der Waals surface area (Å²) in [4.78, 5) is 16.2. The zero-order chi connectivity index (χ0) is 16.2. The number of carbonyl (C=O) groups is 1. The van der Waals surface area contributed by atoms with Gasteiger partial charge in [0.1, 0.15) is 5.75 Å². The topological polar surface area (TPSA) is 95.0 Å². The van der Waals surface area contributed by atoms with Crippen LogP contribution in [-0.4, -0.2) is 56.9 Å². The van der Waals surface area contributed by atoms with E-state index >= 15 is 0 Å². The normalized spacial score (nSPS) is 10.6. The Bertz CT molecular complexity index is 480. The molecule has 1 amide bonds. The fourth-order valence-corrected chi connectivity index (χ4v) is 1.66. The van der Waals surface area contributed by atoms with E-state index in [1.54, 1.807) is 19.2 Å². The Kier molecular flexibility index (Phi) is 12.1. The molecule has 130 valence electrons. The van der Waals surface area contributed by atoms with Crippen molar-refractivity contribution >= 4 is 35.8 Å². The standard InChI is InChI=1S/C15H24N4O3.HI/c1-3-16-15(19-10-11-22-2)18-9-8-17-14(21)12-4-6-13(20)7-5-12;/h4-7,20H,3,8-11H2,1-2H3,(H,17,21)(H2,16,18,19);1H. The molecule has 23 heavy (non-hydrogen) atoms. The number of phenols is 1. The molecular weight excluding hydrogens is 411 g/mol. The third-order valence-electron chi connectivity index (χ3n) is 2.74. The van der Waals surface area contributed by atoms with Crippen molar-refractivity contribution in [1.82, 2.24) is 16.0 Å². The Balaban J connectivity index is 0.00000484. The van der Waals surface area contributed by atoms with E-state index in [9.17, 15) is 9.90 Å². The van der Waals surface area contributed by atoms with Crippen LogP contribution in [0.25, 0.3) is 0 Å². The molecule has 8 heteroatoms. The van der Waals surface area contributed by atoms with Gasteiger partial charge >= 0.3 is 0 Å². The first-order chi connectivity index (χ1) is 10.7. The summed E-state index contributed by atoms with van der Waals surface area (Å²) in [6.45, 7) is 4.91. The fourth-order valence-electron chi connectivity index (χ4n) is 1.66. The van der Waals surface area contributed by atoms with Crippen molar-refractivity contribution in [3.63, 3.8) is 0 Å². The summed E-state index contributed by atoms with van der Waals surface area (Å²) in [5.41, 5.74) is 0.512. The fraction of sp³-hybridized carbons (Fsp3) is 0.467. The summed E-state index contributed by atoms with van der Waals surface area (Å²) in [6, 6.07) is 6.13. The molecule has 0 fully saturated rings. The Labute approximate surface area is 153 Å². The minimum absolute atomic E-state index is 0. The summed E-state index contributed by atoms with van der Waals surface area (Å²) in [6.07, 6.45) is 0. The number of carbonyl (C=O) groups excluding carboxylic acids is 1. The van der Waals surface area contributed by atoms with E-state index < -0.39 is 0 Å². The molecule has 0 spiro atoms. The number of amides is 1. The molecule has 1 rings (SSSR count). The molecule has 0 bridgehead atoms. The lowest BCUT2D eigenvalue weighted by atomic mass is 10.2. The number of nitrogens with one attached hydrogen (secondary N) is 3. The number of halogens is 1. The highest BCUT2D eigenvalue weighted by molar-refractivity contribution is 14.0. The molecule has 0 aliphatic carbocycles. The minimum atomic E-state index is -0.178. The molecular formula is C15H25IN4O3. The van der Waals surface area contributed by atoms with Crippen LogP contribution < -0.4 is 16.0 Å². The van der Waals surface area contributed by atoms with Crippen molar-refractivity contribution in [3.05, 3.63) is 29.8 Å². The third-order valence-corrected chi connectivity index (χ3v) is 2.74. The van der Waals surface area contributed by atoms with E-state index in [0.29, 0.717) is 37.8 Å². The monoisotopic (exact) mass is 436 g/mol. The van der Waals surface area contributed by atoms with Crippen LogP contribution in [0.1, 0.15) is 17.3 Å². The second-order valence-electron chi connectivity index (χ2n) is 4.48. The number of aromatic hydroxyl groups is 1. The summed E-state index contributed by atoms with van der Waals surface area (Å²) >= 11 is 0. The number of nitrogens with zero attached hydrogens (tertiary/aromatic N) is 1. The second kappa shape index (κ2) is 12.9. The molecule has 0 aliphatic heterocycles. The highest BCUT2D eigenvalue weighted by Gasteiger charge is 2.04. The van der Waals surface area contributed by atoms with E-state index in [0.717, 1.165) is 6.54 Å². The van der Waals surface area contributed by atoms with E-state index in [2.05, 4.69) is 20.9 Å². The second-order valence-corrected chi connectivity index (χ2v) is 4.48. The van der Waals surface area contributed by atoms with Crippen molar-refractivity contribution in [2.75, 3.05) is 39.9 Å². The summed E-state index contributed by atoms with van der Waals surface area (Å²) in [5, 5.41) is 18.2. The largest absolute Gasteiger partial charge is 0.508 e. The molecule has 7 nitrogen and oxygen atoms in total. The van der Waals surface area contributed by atoms with Gasteiger partial charge in [0.15, 0.2) is 5.96 Å². The average molecular weight is 436 g/mol. The third kappa shape index (κ3) is 9.24. The quantitative estimate of drug-likeness (QED) is 0.211. The highest BCUT2D eigenvalue weighted by Crippen LogP contribution is 2.08. The van der Waals surface area contributed by atoms with Crippen molar-refractivity contribution < 1.29 is 14.6 Å². The predicted molar refractivity (Wildman–Crippen MR) is 102 cm³/mol. The lowest BCUT2D eigenvalue weighted by Gasteiger charge is -2.11. The molecule has 0 saturated heterocycles. The van der Waals surface area contributed by atoms with Crippen LogP contribution in [0.15, 0.2) is 29.3 Å². The molecule has 0 aliphatic rings. The van der Waals surface area contributed by atoms with Gasteiger partial charge in [-0.1, -0.05) is 0 Å². The van der Waals surface area contributed by atoms with Gasteiger partial charge in [-0.3, -0.25) is 9.79 Å². The lowest BCUT2D eigenvalue weighted by Crippen LogP contribution is -2.41. The van der Waals surface area contributed by atoms with Crippen LogP contribution in [0.5, 0.6) is 5.75 Å². The highest BCUT2D eigenvalue weighted by atomic mass is 127. The van der Waals surface area contributed by atoms with Gasteiger partial charge in [-0.25, -0.2) is 0 Å². The van der Waals surface area contributed by atoms with Gasteiger partial charge in [-0.2, -0.15) is 0 Å². The molecule has 0 atom stereocenters. The van der Waals surface area contributed by atoms with Crippen molar-refractivity contribution in [1.29, 1.82) is 0 Å². The minimum Gasteiger partial charge on any atom is -0.508 e. The van der Waals surface area contributed by atoms with Gasteiger partial charge in [0.05, 0.1) is 13.2 Å². The van der Waals surface area contributed by atoms with Crippen LogP contribution in [0.2, 0.25) is 0 Å². The van der Waals surface area contributed by atoms with Crippen molar-refractivity contribution in [2.24, 2.45) is 4.99 Å². The number of benzene rings is 1. The maximum absolute atomic E-state index is 11.9. The predicted octanol–water partition coefficient (Wildman–Crippen LogP) is 0.942. The number of ether oxygens (including phenoxy) is 1. The molecule has 0 aromatic heterocycles. The zero-order valence-electron chi connectivity index (χ0n) is 13.5. The molecule has 4 N–H and O–H groups in total. The molecule has 0 saturated carbocycles. The number of methoxy groups -OCH3 is 1. The van der Waals surface area contributed by atoms with E-state index in [-0.39, 0.29) is 35.6 Å². The molecule has 0 unspecified atom stereocenters. The van der Waals surface area contributed by atoms with Crippen LogP contribution in [0.4, 0.5) is 0 Å². The van der Waals surface area contributed by atoms with Crippen molar-refractivity contribution in [2.45, 2.75) is 6.92 Å². The number of phenolic OH excluding ortho intramolecular Hbond substituents is 1. The Hall–Kier alpha value is -1.55. The van der Waals surface area contributed by atoms with Crippen LogP contribution in [-0.2, 0) is 4.74 Å². The van der Waals surface area contributed by atoms with Gasteiger partial charge in [0.2, 0.25) is 0 Å². The number of hydrogen-bond acceptors (Lipinski definition) is 4. The van der Waals surface area contributed by atoms with E-state index in [1.165, 1.54) is 12.1 Å². The Morgan fingerprint density at radius 1 is 1.17 bits per heavy atom. The summed E-state index contributed by atoms with van der Waals surface area (Å²) < 4.78 is 4.95. The van der Waals surface area contributed by atoms with E-state index in [4.69, 9.17) is 4.74 Å². The lowest BCUT2D eigenvalue weighted by molar-refractivity contribution is 0.0954. The van der Waals surface area contributed by atoms with Gasteiger partial charge < -0.3 is 25.8 Å². The van der Waals surface area contributed by atoms with Crippen LogP contribution >= 0.6 is 24.0 Å². The first kappa shape index (κ1) is 21.4. The number of rotatable bonds is 8. The zero-order valence-corrected chi connectivity index (χ0v) is 15.8. The van der Waals surface area contributed by atoms with Crippen LogP contribution in [0.3, 0.4) is 0 Å². The average Bonchev–Trinajstić information content (AvgIpc) is 2.52. The van der Waals surface area contributed by atoms with Crippen LogP contribution in [0, 0.1) is 0 Å². The smallest absolute Gasteiger partial charge is 0.251 e. The van der Waals surface area contributed by atoms with E-state index in [1.807, 2.05) is 6.92 Å². The maximum Gasteiger partial charge on any atom is 0.251 e. The SMILES string of the molecule is CCNC(=NCCOC)NCCNC(=O)c1ccc(O)cc1.I. The summed E-state index contributed by atoms with van der Waals surface area (Å²) in [7, 11) is 1.63. The van der Waals surface area contributed by atoms with Gasteiger partial charge in [-0.05, 0) is 31.2 Å². The Morgan fingerprint density at radius 2 is 1.83 bits per heavy atom. The molecule has 1 aromatic carbocycles. The number of hydrogen-bond donors (Lipinski definition) is 4. The maximum atomic E-state index is 11.9. The van der Waals surface area contributed by atoms with Crippen molar-refractivity contribution in [3.8, 4) is 5.75 Å². The molecule has 0 heterocycles. The molecule has 1 aromatic rings. The first-order valence-electron chi connectivity index (χ1n) is 7.25. The summed E-state index contributed by atoms with van der Waals surface area (Å²) in [5.74, 6) is 0.655. The van der Waals surface area contributed by atoms with Gasteiger partial charge in [-0.15, -0.1) is 24.0 Å².